The molecule has 0 bridgehead atoms. The molecule has 1 atom stereocenters. The first-order valence-electron chi connectivity index (χ1n) is 7.73. The van der Waals surface area contributed by atoms with Gasteiger partial charge in [0.2, 0.25) is 0 Å². The first kappa shape index (κ1) is 17.3. The molecule has 2 aromatic rings. The lowest BCUT2D eigenvalue weighted by atomic mass is 10.1. The Labute approximate surface area is 142 Å². The van der Waals surface area contributed by atoms with Crippen molar-refractivity contribution in [2.45, 2.75) is 45.3 Å². The maximum absolute atomic E-state index is 6.34. The number of nitrogens with zero attached hydrogens (tertiary/aromatic N) is 2. The molecular formula is C17H22Cl2N2O. The summed E-state index contributed by atoms with van der Waals surface area (Å²) in [6.07, 6.45) is 10.1. The van der Waals surface area contributed by atoms with Crippen LogP contribution in [0.5, 0.6) is 0 Å². The van der Waals surface area contributed by atoms with E-state index < -0.39 is 0 Å². The van der Waals surface area contributed by atoms with E-state index in [2.05, 4.69) is 11.9 Å². The molecule has 2 rings (SSSR count). The summed E-state index contributed by atoms with van der Waals surface area (Å²) in [4.78, 5) is 4.08. The van der Waals surface area contributed by atoms with Crippen LogP contribution in [0.3, 0.4) is 0 Å². The van der Waals surface area contributed by atoms with Crippen molar-refractivity contribution in [2.24, 2.45) is 0 Å². The minimum Gasteiger partial charge on any atom is -0.372 e. The summed E-state index contributed by atoms with van der Waals surface area (Å²) in [6.45, 7) is 3.63. The van der Waals surface area contributed by atoms with Gasteiger partial charge in [-0.15, -0.1) is 0 Å². The monoisotopic (exact) mass is 340 g/mol. The van der Waals surface area contributed by atoms with E-state index in [1.165, 1.54) is 19.3 Å². The Morgan fingerprint density at radius 2 is 2.09 bits per heavy atom. The van der Waals surface area contributed by atoms with Crippen molar-refractivity contribution in [1.29, 1.82) is 0 Å². The zero-order valence-electron chi connectivity index (χ0n) is 12.8. The maximum atomic E-state index is 6.34. The summed E-state index contributed by atoms with van der Waals surface area (Å²) < 4.78 is 8.09. The maximum Gasteiger partial charge on any atom is 0.102 e. The van der Waals surface area contributed by atoms with Crippen molar-refractivity contribution >= 4 is 23.2 Å². The number of hydrogen-bond donors (Lipinski definition) is 0. The molecule has 120 valence electrons. The van der Waals surface area contributed by atoms with E-state index in [1.54, 1.807) is 18.6 Å². The standard InChI is InChI=1S/C17H22Cl2N2O/c1-2-3-4-5-10-22-17(12-21-9-8-20-13-21)15-7-6-14(18)11-16(15)19/h6-9,11,13,17H,2-5,10,12H2,1H3. The summed E-state index contributed by atoms with van der Waals surface area (Å²) in [5, 5.41) is 1.28. The fourth-order valence-corrected chi connectivity index (χ4v) is 2.87. The van der Waals surface area contributed by atoms with Crippen LogP contribution < -0.4 is 0 Å². The van der Waals surface area contributed by atoms with Crippen LogP contribution in [0, 0.1) is 0 Å². The van der Waals surface area contributed by atoms with E-state index in [9.17, 15) is 0 Å². The van der Waals surface area contributed by atoms with Gasteiger partial charge in [0.15, 0.2) is 0 Å². The summed E-state index contributed by atoms with van der Waals surface area (Å²) in [7, 11) is 0. The lowest BCUT2D eigenvalue weighted by Gasteiger charge is -2.20. The van der Waals surface area contributed by atoms with Crippen LogP contribution in [0.25, 0.3) is 0 Å². The lowest BCUT2D eigenvalue weighted by Crippen LogP contribution is -2.13. The quantitative estimate of drug-likeness (QED) is 0.561. The fraction of sp³-hybridized carbons (Fsp3) is 0.471. The third kappa shape index (κ3) is 5.31. The Kier molecular flexibility index (Phi) is 7.23. The average molecular weight is 341 g/mol. The zero-order valence-corrected chi connectivity index (χ0v) is 14.4. The molecule has 0 spiro atoms. The van der Waals surface area contributed by atoms with Crippen LogP contribution in [0.15, 0.2) is 36.9 Å². The Hall–Kier alpha value is -1.03. The number of ether oxygens (including phenoxy) is 1. The molecule has 1 unspecified atom stereocenters. The number of aromatic nitrogens is 2. The van der Waals surface area contributed by atoms with Crippen molar-refractivity contribution in [3.05, 3.63) is 52.5 Å². The Bertz CT molecular complexity index is 558. The minimum atomic E-state index is -0.0967. The predicted octanol–water partition coefficient (Wildman–Crippen LogP) is 5.53. The van der Waals surface area contributed by atoms with Gasteiger partial charge in [0.05, 0.1) is 12.9 Å². The van der Waals surface area contributed by atoms with Gasteiger partial charge in [-0.3, -0.25) is 0 Å². The predicted molar refractivity (Wildman–Crippen MR) is 91.5 cm³/mol. The first-order chi connectivity index (χ1) is 10.7. The summed E-state index contributed by atoms with van der Waals surface area (Å²) in [6, 6.07) is 5.56. The fourth-order valence-electron chi connectivity index (χ4n) is 2.34. The summed E-state index contributed by atoms with van der Waals surface area (Å²) >= 11 is 12.3. The van der Waals surface area contributed by atoms with Gasteiger partial charge < -0.3 is 9.30 Å². The molecule has 0 radical (unpaired) electrons. The van der Waals surface area contributed by atoms with Crippen LogP contribution in [0.1, 0.15) is 44.3 Å². The summed E-state index contributed by atoms with van der Waals surface area (Å²) in [5.74, 6) is 0. The van der Waals surface area contributed by atoms with Crippen molar-refractivity contribution in [3.63, 3.8) is 0 Å². The number of halogens is 2. The molecule has 1 heterocycles. The largest absolute Gasteiger partial charge is 0.372 e. The number of unbranched alkanes of at least 4 members (excludes halogenated alkanes) is 3. The van der Waals surface area contributed by atoms with Crippen LogP contribution in [0.2, 0.25) is 10.0 Å². The van der Waals surface area contributed by atoms with Gasteiger partial charge in [0.25, 0.3) is 0 Å². The van der Waals surface area contributed by atoms with E-state index in [0.29, 0.717) is 16.6 Å². The minimum absolute atomic E-state index is 0.0967. The van der Waals surface area contributed by atoms with Gasteiger partial charge in [-0.1, -0.05) is 55.5 Å². The van der Waals surface area contributed by atoms with Crippen LogP contribution in [-0.4, -0.2) is 16.2 Å². The molecule has 1 aromatic carbocycles. The zero-order chi connectivity index (χ0) is 15.8. The molecule has 1 aromatic heterocycles. The number of rotatable bonds is 9. The molecule has 0 aliphatic heterocycles. The molecule has 0 aliphatic carbocycles. The van der Waals surface area contributed by atoms with E-state index in [0.717, 1.165) is 18.6 Å². The number of hydrogen-bond acceptors (Lipinski definition) is 2. The second-order valence-corrected chi connectivity index (χ2v) is 6.19. The normalized spacial score (nSPS) is 12.5. The second-order valence-electron chi connectivity index (χ2n) is 5.35. The van der Waals surface area contributed by atoms with Crippen LogP contribution in [0.4, 0.5) is 0 Å². The van der Waals surface area contributed by atoms with Crippen molar-refractivity contribution < 1.29 is 4.74 Å². The van der Waals surface area contributed by atoms with Crippen molar-refractivity contribution in [3.8, 4) is 0 Å². The Morgan fingerprint density at radius 1 is 1.23 bits per heavy atom. The van der Waals surface area contributed by atoms with Gasteiger partial charge in [0.1, 0.15) is 6.10 Å². The first-order valence-corrected chi connectivity index (χ1v) is 8.48. The van der Waals surface area contributed by atoms with Crippen LogP contribution >= 0.6 is 23.2 Å². The molecule has 3 nitrogen and oxygen atoms in total. The highest BCUT2D eigenvalue weighted by molar-refractivity contribution is 6.35. The van der Waals surface area contributed by atoms with Crippen molar-refractivity contribution in [2.75, 3.05) is 6.61 Å². The van der Waals surface area contributed by atoms with Gasteiger partial charge in [-0.2, -0.15) is 0 Å². The number of imidazole rings is 1. The molecular weight excluding hydrogens is 319 g/mol. The average Bonchev–Trinajstić information content (AvgIpc) is 2.99. The summed E-state index contributed by atoms with van der Waals surface area (Å²) in [5.41, 5.74) is 0.968. The van der Waals surface area contributed by atoms with Gasteiger partial charge in [-0.25, -0.2) is 4.98 Å². The lowest BCUT2D eigenvalue weighted by molar-refractivity contribution is 0.0380. The molecule has 5 heteroatoms. The molecule has 0 aliphatic rings. The molecule has 0 saturated heterocycles. The molecule has 0 N–H and O–H groups in total. The molecule has 0 saturated carbocycles. The van der Waals surface area contributed by atoms with Gasteiger partial charge >= 0.3 is 0 Å². The highest BCUT2D eigenvalue weighted by Gasteiger charge is 2.16. The molecule has 22 heavy (non-hydrogen) atoms. The van der Waals surface area contributed by atoms with E-state index >= 15 is 0 Å². The smallest absolute Gasteiger partial charge is 0.102 e. The van der Waals surface area contributed by atoms with E-state index in [4.69, 9.17) is 27.9 Å². The highest BCUT2D eigenvalue weighted by Crippen LogP contribution is 2.29. The van der Waals surface area contributed by atoms with E-state index in [1.807, 2.05) is 22.9 Å². The van der Waals surface area contributed by atoms with Gasteiger partial charge in [0, 0.05) is 34.6 Å². The SMILES string of the molecule is CCCCCCOC(Cn1ccnc1)c1ccc(Cl)cc1Cl. The van der Waals surface area contributed by atoms with Gasteiger partial charge in [-0.05, 0) is 18.6 Å². The third-order valence-corrected chi connectivity index (χ3v) is 4.12. The topological polar surface area (TPSA) is 27.1 Å². The second kappa shape index (κ2) is 9.19. The Morgan fingerprint density at radius 3 is 2.77 bits per heavy atom. The molecule has 0 amide bonds. The highest BCUT2D eigenvalue weighted by atomic mass is 35.5. The van der Waals surface area contributed by atoms with Crippen molar-refractivity contribution in [1.82, 2.24) is 9.55 Å². The Balaban J connectivity index is 2.03. The molecule has 0 fully saturated rings. The third-order valence-electron chi connectivity index (χ3n) is 3.56. The number of benzene rings is 1. The van der Waals surface area contributed by atoms with Crippen LogP contribution in [-0.2, 0) is 11.3 Å². The van der Waals surface area contributed by atoms with E-state index in [-0.39, 0.29) is 6.10 Å².